The van der Waals surface area contributed by atoms with Crippen LogP contribution < -0.4 is 0 Å². The van der Waals surface area contributed by atoms with Crippen LogP contribution in [0.3, 0.4) is 0 Å². The SMILES string of the molecule is CCCCCC/C=C\C=C/CCCCCCCC(=O)O[C@H](COC(=O)CCCCCCCCCCCCC(C)C)COP(=O)(O)OC[C@@H](O)COP(=O)(O)OC[C@@H](COC(=O)CCCCCCCCCC)OC(=O)CCCCCCCCCCCCC. The molecule has 0 aliphatic rings. The Kier molecular flexibility index (Phi) is 59.3. The normalized spacial score (nSPS) is 14.3. The van der Waals surface area contributed by atoms with Crippen LogP contribution >= 0.6 is 15.6 Å². The Balaban J connectivity index is 5.27. The molecule has 0 rings (SSSR count). The minimum Gasteiger partial charge on any atom is -0.462 e. The molecule has 87 heavy (non-hydrogen) atoms. The minimum absolute atomic E-state index is 0.0849. The Morgan fingerprint density at radius 3 is 0.943 bits per heavy atom. The van der Waals surface area contributed by atoms with E-state index in [1.165, 1.54) is 128 Å². The number of carbonyl (C=O) groups excluding carboxylic acids is 4. The summed E-state index contributed by atoms with van der Waals surface area (Å²) in [5, 5.41) is 10.6. The molecule has 17 nitrogen and oxygen atoms in total. The average molecular weight is 1280 g/mol. The molecule has 0 saturated heterocycles. The van der Waals surface area contributed by atoms with Crippen LogP contribution in [0, 0.1) is 5.92 Å². The largest absolute Gasteiger partial charge is 0.472 e. The summed E-state index contributed by atoms with van der Waals surface area (Å²) in [6.07, 6.45) is 49.4. The summed E-state index contributed by atoms with van der Waals surface area (Å²) in [7, 11) is -9.90. The zero-order valence-corrected chi connectivity index (χ0v) is 57.4. The van der Waals surface area contributed by atoms with Gasteiger partial charge in [0.15, 0.2) is 12.2 Å². The van der Waals surface area contributed by atoms with Gasteiger partial charge < -0.3 is 33.8 Å². The topological polar surface area (TPSA) is 237 Å². The smallest absolute Gasteiger partial charge is 0.462 e. The Morgan fingerprint density at radius 1 is 0.356 bits per heavy atom. The molecule has 0 amide bonds. The van der Waals surface area contributed by atoms with Crippen LogP contribution in [0.25, 0.3) is 0 Å². The summed E-state index contributed by atoms with van der Waals surface area (Å²) in [5.41, 5.74) is 0. The third-order valence-electron chi connectivity index (χ3n) is 15.2. The molecule has 19 heteroatoms. The van der Waals surface area contributed by atoms with E-state index in [1.807, 2.05) is 0 Å². The van der Waals surface area contributed by atoms with E-state index in [1.54, 1.807) is 0 Å². The molecule has 0 radical (unpaired) electrons. The molecule has 0 saturated carbocycles. The number of phosphoric ester groups is 2. The van der Waals surface area contributed by atoms with Gasteiger partial charge in [0.25, 0.3) is 0 Å². The van der Waals surface area contributed by atoms with Gasteiger partial charge >= 0.3 is 39.5 Å². The van der Waals surface area contributed by atoms with Crippen LogP contribution in [0.1, 0.15) is 324 Å². The number of aliphatic hydroxyl groups is 1. The third-order valence-corrected chi connectivity index (χ3v) is 17.1. The number of aliphatic hydroxyl groups excluding tert-OH is 1. The lowest BCUT2D eigenvalue weighted by atomic mass is 10.0. The Morgan fingerprint density at radius 2 is 0.621 bits per heavy atom. The molecular formula is C68H128O17P2. The van der Waals surface area contributed by atoms with E-state index in [0.29, 0.717) is 25.7 Å². The first-order valence-electron chi connectivity index (χ1n) is 35.0. The zero-order chi connectivity index (χ0) is 64.2. The van der Waals surface area contributed by atoms with E-state index in [0.717, 1.165) is 115 Å². The van der Waals surface area contributed by atoms with Gasteiger partial charge in [0.05, 0.1) is 26.4 Å². The maximum absolute atomic E-state index is 13.0. The average Bonchev–Trinajstić information content (AvgIpc) is 3.71. The van der Waals surface area contributed by atoms with Crippen molar-refractivity contribution in [1.29, 1.82) is 0 Å². The lowest BCUT2D eigenvalue weighted by Gasteiger charge is -2.21. The maximum atomic E-state index is 13.0. The molecule has 0 aromatic heterocycles. The van der Waals surface area contributed by atoms with Crippen molar-refractivity contribution in [3.8, 4) is 0 Å². The van der Waals surface area contributed by atoms with Crippen LogP contribution in [0.5, 0.6) is 0 Å². The molecule has 0 aromatic rings. The number of ether oxygens (including phenoxy) is 4. The molecule has 0 fully saturated rings. The fourth-order valence-corrected chi connectivity index (χ4v) is 11.3. The molecule has 0 aliphatic carbocycles. The molecular weight excluding hydrogens is 1150 g/mol. The van der Waals surface area contributed by atoms with E-state index in [2.05, 4.69) is 58.9 Å². The van der Waals surface area contributed by atoms with Crippen LogP contribution in [0.4, 0.5) is 0 Å². The zero-order valence-electron chi connectivity index (χ0n) is 55.6. The van der Waals surface area contributed by atoms with Gasteiger partial charge in [-0.25, -0.2) is 9.13 Å². The lowest BCUT2D eigenvalue weighted by molar-refractivity contribution is -0.161. The second kappa shape index (κ2) is 61.1. The number of hydrogen-bond donors (Lipinski definition) is 3. The number of rotatable bonds is 66. The van der Waals surface area contributed by atoms with Gasteiger partial charge in [-0.05, 0) is 57.3 Å². The molecule has 3 N–H and O–H groups in total. The third kappa shape index (κ3) is 62.1. The quantitative estimate of drug-likeness (QED) is 0.0169. The Hall–Kier alpha value is -2.46. The molecule has 5 atom stereocenters. The van der Waals surface area contributed by atoms with Gasteiger partial charge in [-0.2, -0.15) is 0 Å². The lowest BCUT2D eigenvalue weighted by Crippen LogP contribution is -2.30. The van der Waals surface area contributed by atoms with E-state index in [4.69, 9.17) is 37.0 Å². The van der Waals surface area contributed by atoms with Crippen molar-refractivity contribution in [1.82, 2.24) is 0 Å². The van der Waals surface area contributed by atoms with Crippen LogP contribution in [0.2, 0.25) is 0 Å². The second-order valence-corrected chi connectivity index (χ2v) is 27.3. The first kappa shape index (κ1) is 84.5. The van der Waals surface area contributed by atoms with Crippen molar-refractivity contribution >= 4 is 39.5 Å². The molecule has 2 unspecified atom stereocenters. The Labute approximate surface area is 529 Å². The molecule has 0 aromatic carbocycles. The van der Waals surface area contributed by atoms with Gasteiger partial charge in [0.2, 0.25) is 0 Å². The highest BCUT2D eigenvalue weighted by molar-refractivity contribution is 7.47. The van der Waals surface area contributed by atoms with Crippen molar-refractivity contribution in [2.75, 3.05) is 39.6 Å². The summed E-state index contributed by atoms with van der Waals surface area (Å²) >= 11 is 0. The van der Waals surface area contributed by atoms with Gasteiger partial charge in [-0.15, -0.1) is 0 Å². The van der Waals surface area contributed by atoms with E-state index in [-0.39, 0.29) is 25.7 Å². The highest BCUT2D eigenvalue weighted by atomic mass is 31.2. The maximum Gasteiger partial charge on any atom is 0.472 e. The van der Waals surface area contributed by atoms with Gasteiger partial charge in [0.1, 0.15) is 19.3 Å². The van der Waals surface area contributed by atoms with Gasteiger partial charge in [0, 0.05) is 25.7 Å². The van der Waals surface area contributed by atoms with Gasteiger partial charge in [-0.1, -0.05) is 271 Å². The number of phosphoric acid groups is 2. The number of hydrogen-bond acceptors (Lipinski definition) is 15. The van der Waals surface area contributed by atoms with Crippen LogP contribution in [-0.2, 0) is 65.4 Å². The first-order chi connectivity index (χ1) is 42.0. The second-order valence-electron chi connectivity index (χ2n) is 24.4. The standard InChI is InChI=1S/C68H128O17P2/c1-6-9-12-15-18-21-23-24-25-26-28-34-39-44-49-54-68(73)85-64(58-79-66(71)52-47-42-37-32-30-29-31-35-40-45-50-61(4)5)60-83-87(76,77)81-56-62(69)55-80-86(74,75)82-59-63(57-78-65(70)51-46-41-36-20-17-14-11-8-3)84-67(72)53-48-43-38-33-27-22-19-16-13-10-7-2/h21,23-25,61-64,69H,6-20,22,26-60H2,1-5H3,(H,74,75)(H,76,77)/b23-21-,25-24-/t62-,63+,64+/m0/s1. The van der Waals surface area contributed by atoms with Crippen LogP contribution in [-0.4, -0.2) is 96.7 Å². The van der Waals surface area contributed by atoms with E-state index >= 15 is 0 Å². The fourth-order valence-electron chi connectivity index (χ4n) is 9.75. The van der Waals surface area contributed by atoms with Crippen molar-refractivity contribution in [3.63, 3.8) is 0 Å². The minimum atomic E-state index is -4.96. The molecule has 512 valence electrons. The number of allylic oxidation sites excluding steroid dienone is 4. The van der Waals surface area contributed by atoms with Crippen molar-refractivity contribution in [2.45, 2.75) is 342 Å². The molecule has 0 heterocycles. The van der Waals surface area contributed by atoms with E-state index in [9.17, 15) is 43.2 Å². The van der Waals surface area contributed by atoms with Crippen molar-refractivity contribution in [3.05, 3.63) is 24.3 Å². The first-order valence-corrected chi connectivity index (χ1v) is 37.9. The number of esters is 4. The van der Waals surface area contributed by atoms with E-state index < -0.39 is 97.5 Å². The van der Waals surface area contributed by atoms with Crippen LogP contribution in [0.15, 0.2) is 24.3 Å². The fraction of sp³-hybridized carbons (Fsp3) is 0.882. The summed E-state index contributed by atoms with van der Waals surface area (Å²) in [5.74, 6) is -1.40. The summed E-state index contributed by atoms with van der Waals surface area (Å²) in [6, 6.07) is 0. The molecule has 0 aliphatic heterocycles. The highest BCUT2D eigenvalue weighted by Gasteiger charge is 2.30. The number of carbonyl (C=O) groups is 4. The Bertz CT molecular complexity index is 1780. The predicted octanol–water partition coefficient (Wildman–Crippen LogP) is 18.9. The number of unbranched alkanes of at least 4 members (excludes halogenated alkanes) is 35. The van der Waals surface area contributed by atoms with Crippen molar-refractivity contribution in [2.24, 2.45) is 5.92 Å². The van der Waals surface area contributed by atoms with Gasteiger partial charge in [-0.3, -0.25) is 37.3 Å². The monoisotopic (exact) mass is 1280 g/mol. The van der Waals surface area contributed by atoms with Crippen molar-refractivity contribution < 1.29 is 80.2 Å². The highest BCUT2D eigenvalue weighted by Crippen LogP contribution is 2.45. The summed E-state index contributed by atoms with van der Waals surface area (Å²) in [6.45, 7) is 7.12. The summed E-state index contributed by atoms with van der Waals surface area (Å²) in [4.78, 5) is 72.3. The predicted molar refractivity (Wildman–Crippen MR) is 349 cm³/mol. The molecule has 0 spiro atoms. The summed E-state index contributed by atoms with van der Waals surface area (Å²) < 4.78 is 68.1. The molecule has 0 bridgehead atoms.